The summed E-state index contributed by atoms with van der Waals surface area (Å²) in [6.45, 7) is 9.35. The maximum absolute atomic E-state index is 5.80. The molecule has 4 nitrogen and oxygen atoms in total. The summed E-state index contributed by atoms with van der Waals surface area (Å²) in [5, 5.41) is 0. The summed E-state index contributed by atoms with van der Waals surface area (Å²) in [4.78, 5) is 9.28. The lowest BCUT2D eigenvalue weighted by Crippen LogP contribution is -2.32. The molecule has 0 bridgehead atoms. The molecular weight excluding hydrogens is 310 g/mol. The van der Waals surface area contributed by atoms with E-state index in [1.165, 1.54) is 29.8 Å². The van der Waals surface area contributed by atoms with Crippen molar-refractivity contribution < 1.29 is 4.74 Å². The van der Waals surface area contributed by atoms with Crippen molar-refractivity contribution in [3.05, 3.63) is 59.9 Å². The number of aromatic nitrogens is 1. The number of pyridine rings is 1. The van der Waals surface area contributed by atoms with Crippen molar-refractivity contribution in [2.45, 2.75) is 26.4 Å². The number of nitrogens with zero attached hydrogens (tertiary/aromatic N) is 3. The molecule has 1 aliphatic heterocycles. The van der Waals surface area contributed by atoms with Crippen molar-refractivity contribution in [1.82, 2.24) is 9.88 Å². The molecule has 25 heavy (non-hydrogen) atoms. The van der Waals surface area contributed by atoms with Gasteiger partial charge >= 0.3 is 0 Å². The van der Waals surface area contributed by atoms with Crippen molar-refractivity contribution in [3.63, 3.8) is 0 Å². The minimum absolute atomic E-state index is 0.718. The number of aryl methyl sites for hydroxylation is 1. The topological polar surface area (TPSA) is 28.6 Å². The Morgan fingerprint density at radius 2 is 1.92 bits per heavy atom. The van der Waals surface area contributed by atoms with Crippen molar-refractivity contribution in [1.29, 1.82) is 0 Å². The molecule has 1 saturated heterocycles. The Hall–Kier alpha value is -1.91. The summed E-state index contributed by atoms with van der Waals surface area (Å²) in [6, 6.07) is 12.5. The zero-order chi connectivity index (χ0) is 17.3. The zero-order valence-electron chi connectivity index (χ0n) is 15.2. The van der Waals surface area contributed by atoms with Crippen LogP contribution >= 0.6 is 0 Å². The molecule has 3 rings (SSSR count). The van der Waals surface area contributed by atoms with Gasteiger partial charge in [-0.15, -0.1) is 0 Å². The van der Waals surface area contributed by atoms with Gasteiger partial charge in [-0.25, -0.2) is 0 Å². The molecule has 2 aromatic rings. The van der Waals surface area contributed by atoms with Gasteiger partial charge in [0.05, 0.1) is 6.61 Å². The quantitative estimate of drug-likeness (QED) is 0.722. The first-order chi connectivity index (χ1) is 12.3. The number of rotatable bonds is 7. The van der Waals surface area contributed by atoms with Crippen LogP contribution in [-0.2, 0) is 11.3 Å². The lowest BCUT2D eigenvalue weighted by Gasteiger charge is -2.25. The fourth-order valence-corrected chi connectivity index (χ4v) is 3.41. The molecule has 0 N–H and O–H groups in total. The molecule has 4 heteroatoms. The molecule has 0 atom stereocenters. The molecule has 1 aromatic carbocycles. The van der Waals surface area contributed by atoms with E-state index < -0.39 is 0 Å². The molecule has 0 saturated carbocycles. The molecular formula is C21H29N3O. The SMILES string of the molecule is Cc1cnccc1N1CCCN(CCCOCc2ccccc2)CC1. The van der Waals surface area contributed by atoms with E-state index in [1.807, 2.05) is 18.5 Å². The Morgan fingerprint density at radius 1 is 1.04 bits per heavy atom. The molecule has 134 valence electrons. The second kappa shape index (κ2) is 9.54. The summed E-state index contributed by atoms with van der Waals surface area (Å²) in [5.41, 5.74) is 3.86. The minimum Gasteiger partial charge on any atom is -0.377 e. The van der Waals surface area contributed by atoms with Crippen molar-refractivity contribution in [2.24, 2.45) is 0 Å². The third kappa shape index (κ3) is 5.55. The number of benzene rings is 1. The number of ether oxygens (including phenoxy) is 1. The van der Waals surface area contributed by atoms with Crippen LogP contribution in [-0.4, -0.2) is 49.2 Å². The van der Waals surface area contributed by atoms with Crippen LogP contribution in [0.3, 0.4) is 0 Å². The smallest absolute Gasteiger partial charge is 0.0716 e. The first-order valence-corrected chi connectivity index (χ1v) is 9.32. The number of hydrogen-bond acceptors (Lipinski definition) is 4. The van der Waals surface area contributed by atoms with Gasteiger partial charge in [0.2, 0.25) is 0 Å². The Balaban J connectivity index is 1.36. The van der Waals surface area contributed by atoms with Gasteiger partial charge in [-0.2, -0.15) is 0 Å². The number of anilines is 1. The van der Waals surface area contributed by atoms with Gasteiger partial charge < -0.3 is 14.5 Å². The second-order valence-corrected chi connectivity index (χ2v) is 6.74. The minimum atomic E-state index is 0.718. The highest BCUT2D eigenvalue weighted by molar-refractivity contribution is 5.51. The average Bonchev–Trinajstić information content (AvgIpc) is 2.88. The molecule has 2 heterocycles. The van der Waals surface area contributed by atoms with Crippen LogP contribution in [0, 0.1) is 6.92 Å². The molecule has 0 radical (unpaired) electrons. The molecule has 1 aliphatic rings. The third-order valence-corrected chi connectivity index (χ3v) is 4.79. The monoisotopic (exact) mass is 339 g/mol. The molecule has 0 spiro atoms. The van der Waals surface area contributed by atoms with Crippen LogP contribution in [0.4, 0.5) is 5.69 Å². The van der Waals surface area contributed by atoms with Gasteiger partial charge in [0, 0.05) is 50.9 Å². The Labute approximate surface area is 151 Å². The maximum atomic E-state index is 5.80. The van der Waals surface area contributed by atoms with Crippen molar-refractivity contribution in [2.75, 3.05) is 44.2 Å². The number of hydrogen-bond donors (Lipinski definition) is 0. The van der Waals surface area contributed by atoms with E-state index in [0.717, 1.165) is 45.8 Å². The highest BCUT2D eigenvalue weighted by atomic mass is 16.5. The van der Waals surface area contributed by atoms with Crippen LogP contribution in [0.2, 0.25) is 0 Å². The first kappa shape index (κ1) is 17.9. The van der Waals surface area contributed by atoms with E-state index in [-0.39, 0.29) is 0 Å². The zero-order valence-corrected chi connectivity index (χ0v) is 15.2. The van der Waals surface area contributed by atoms with Crippen molar-refractivity contribution in [3.8, 4) is 0 Å². The molecule has 1 aromatic heterocycles. The highest BCUT2D eigenvalue weighted by Crippen LogP contribution is 2.20. The van der Waals surface area contributed by atoms with Gasteiger partial charge in [0.1, 0.15) is 0 Å². The summed E-state index contributed by atoms with van der Waals surface area (Å²) in [7, 11) is 0. The van der Waals surface area contributed by atoms with Crippen LogP contribution in [0.25, 0.3) is 0 Å². The third-order valence-electron chi connectivity index (χ3n) is 4.79. The predicted octanol–water partition coefficient (Wildman–Crippen LogP) is 3.51. The van der Waals surface area contributed by atoms with E-state index in [4.69, 9.17) is 4.74 Å². The van der Waals surface area contributed by atoms with Gasteiger partial charge in [0.25, 0.3) is 0 Å². The Morgan fingerprint density at radius 3 is 2.76 bits per heavy atom. The van der Waals surface area contributed by atoms with E-state index in [2.05, 4.69) is 52.0 Å². The second-order valence-electron chi connectivity index (χ2n) is 6.74. The fraction of sp³-hybridized carbons (Fsp3) is 0.476. The standard InChI is InChI=1S/C21H29N3O/c1-19-17-22-10-9-21(19)24-13-5-11-23(14-15-24)12-6-16-25-18-20-7-3-2-4-8-20/h2-4,7-10,17H,5-6,11-16,18H2,1H3. The van der Waals surface area contributed by atoms with Crippen LogP contribution < -0.4 is 4.90 Å². The molecule has 1 fully saturated rings. The van der Waals surface area contributed by atoms with Crippen LogP contribution in [0.5, 0.6) is 0 Å². The first-order valence-electron chi connectivity index (χ1n) is 9.32. The van der Waals surface area contributed by atoms with Gasteiger partial charge in [-0.3, -0.25) is 4.98 Å². The Kier molecular flexibility index (Phi) is 6.83. The summed E-state index contributed by atoms with van der Waals surface area (Å²) < 4.78 is 5.80. The van der Waals surface area contributed by atoms with E-state index in [1.54, 1.807) is 0 Å². The van der Waals surface area contributed by atoms with Gasteiger partial charge in [0.15, 0.2) is 0 Å². The van der Waals surface area contributed by atoms with E-state index in [9.17, 15) is 0 Å². The van der Waals surface area contributed by atoms with Crippen LogP contribution in [0.15, 0.2) is 48.8 Å². The predicted molar refractivity (Wildman–Crippen MR) is 103 cm³/mol. The fourth-order valence-electron chi connectivity index (χ4n) is 3.41. The lowest BCUT2D eigenvalue weighted by atomic mass is 10.2. The van der Waals surface area contributed by atoms with Gasteiger partial charge in [-0.1, -0.05) is 30.3 Å². The van der Waals surface area contributed by atoms with E-state index >= 15 is 0 Å². The maximum Gasteiger partial charge on any atom is 0.0716 e. The molecule has 0 unspecified atom stereocenters. The van der Waals surface area contributed by atoms with E-state index in [0.29, 0.717) is 0 Å². The average molecular weight is 339 g/mol. The molecule has 0 aliphatic carbocycles. The van der Waals surface area contributed by atoms with Gasteiger partial charge in [-0.05, 0) is 43.5 Å². The van der Waals surface area contributed by atoms with Crippen LogP contribution in [0.1, 0.15) is 24.0 Å². The largest absolute Gasteiger partial charge is 0.377 e. The summed E-state index contributed by atoms with van der Waals surface area (Å²) in [6.07, 6.45) is 6.17. The van der Waals surface area contributed by atoms with Crippen molar-refractivity contribution >= 4 is 5.69 Å². The Bertz CT molecular complexity index is 632. The summed E-state index contributed by atoms with van der Waals surface area (Å²) >= 11 is 0. The lowest BCUT2D eigenvalue weighted by molar-refractivity contribution is 0.109. The molecule has 0 amide bonds. The normalized spacial score (nSPS) is 16.0. The summed E-state index contributed by atoms with van der Waals surface area (Å²) in [5.74, 6) is 0. The highest BCUT2D eigenvalue weighted by Gasteiger charge is 2.16.